The Bertz CT molecular complexity index is 814. The van der Waals surface area contributed by atoms with Crippen LogP contribution in [0.15, 0.2) is 11.6 Å². The Labute approximate surface area is 234 Å². The van der Waals surface area contributed by atoms with Crippen molar-refractivity contribution >= 4 is 11.8 Å². The van der Waals surface area contributed by atoms with E-state index in [0.717, 1.165) is 44.4 Å². The van der Waals surface area contributed by atoms with Crippen LogP contribution < -0.4 is 0 Å². The number of rotatable bonds is 15. The minimum atomic E-state index is 0.0497. The molecule has 0 heterocycles. The minimum absolute atomic E-state index is 0.0497. The number of carbonyl (C=O) groups excluding carboxylic acids is 2. The van der Waals surface area contributed by atoms with Gasteiger partial charge in [-0.1, -0.05) is 103 Å². The van der Waals surface area contributed by atoms with Gasteiger partial charge in [0, 0.05) is 18.3 Å². The number of fused-ring (bicyclic) bond motifs is 5. The number of unbranched alkanes of at least 4 members (excludes halogenated alkanes) is 12. The normalized spacial score (nSPS) is 34.3. The first-order valence-corrected chi connectivity index (χ1v) is 16.8. The number of ether oxygens (including phenoxy) is 1. The molecular formula is C35H58O3. The van der Waals surface area contributed by atoms with Gasteiger partial charge >= 0.3 is 5.97 Å². The highest BCUT2D eigenvalue weighted by Gasteiger charge is 2.59. The molecule has 4 aliphatic carbocycles. The van der Waals surface area contributed by atoms with Gasteiger partial charge in [0.2, 0.25) is 0 Å². The molecule has 0 aromatic carbocycles. The number of allylic oxidation sites excluding steroid dienone is 1. The molecule has 3 nitrogen and oxygen atoms in total. The van der Waals surface area contributed by atoms with Gasteiger partial charge in [-0.25, -0.2) is 0 Å². The lowest BCUT2D eigenvalue weighted by molar-refractivity contribution is -0.160. The zero-order chi connectivity index (χ0) is 27.0. The van der Waals surface area contributed by atoms with E-state index in [1.807, 2.05) is 6.08 Å². The van der Waals surface area contributed by atoms with Gasteiger partial charge < -0.3 is 4.74 Å². The lowest BCUT2D eigenvalue weighted by Gasteiger charge is -2.57. The van der Waals surface area contributed by atoms with Gasteiger partial charge in [0.15, 0.2) is 5.78 Å². The minimum Gasteiger partial charge on any atom is -0.462 e. The first-order valence-electron chi connectivity index (χ1n) is 16.8. The maximum Gasteiger partial charge on any atom is 0.306 e. The number of carbonyl (C=O) groups is 2. The number of ketones is 1. The summed E-state index contributed by atoms with van der Waals surface area (Å²) in [4.78, 5) is 24.9. The SMILES string of the molecule is CCCCCCCCCCCCCCCC(=O)O[C@H]1CC[C@H]2[C@@H]3CCC4=CC(=O)CC[C@]4(C)[C@H]3CC[C@]12C. The van der Waals surface area contributed by atoms with Gasteiger partial charge in [-0.2, -0.15) is 0 Å². The van der Waals surface area contributed by atoms with Gasteiger partial charge in [0.25, 0.3) is 0 Å². The molecule has 0 aromatic rings. The fourth-order valence-electron chi connectivity index (χ4n) is 9.21. The summed E-state index contributed by atoms with van der Waals surface area (Å²) in [6, 6.07) is 0. The molecule has 3 heteroatoms. The molecule has 0 aliphatic heterocycles. The molecule has 216 valence electrons. The molecule has 0 saturated heterocycles. The maximum atomic E-state index is 12.8. The van der Waals surface area contributed by atoms with E-state index in [9.17, 15) is 9.59 Å². The van der Waals surface area contributed by atoms with Crippen LogP contribution in [0.2, 0.25) is 0 Å². The summed E-state index contributed by atoms with van der Waals surface area (Å²) in [5.41, 5.74) is 1.81. The molecule has 0 spiro atoms. The monoisotopic (exact) mass is 526 g/mol. The van der Waals surface area contributed by atoms with Crippen molar-refractivity contribution in [3.63, 3.8) is 0 Å². The third kappa shape index (κ3) is 6.95. The zero-order valence-corrected chi connectivity index (χ0v) is 25.2. The number of hydrogen-bond acceptors (Lipinski definition) is 3. The summed E-state index contributed by atoms with van der Waals surface area (Å²) in [6.45, 7) is 7.17. The van der Waals surface area contributed by atoms with Crippen molar-refractivity contribution in [2.24, 2.45) is 28.6 Å². The standard InChI is InChI=1S/C35H58O3/c1-4-5-6-7-8-9-10-11-12-13-14-15-16-17-33(37)38-32-21-20-30-29-19-18-27-26-28(36)22-24-34(27,2)31(29)23-25-35(30,32)3/h26,29-32H,4-25H2,1-3H3/t29-,30-,31-,32-,34-,35-/m0/s1. The highest BCUT2D eigenvalue weighted by molar-refractivity contribution is 5.91. The van der Waals surface area contributed by atoms with Gasteiger partial charge in [-0.05, 0) is 80.6 Å². The average Bonchev–Trinajstić information content (AvgIpc) is 3.23. The molecule has 0 amide bonds. The van der Waals surface area contributed by atoms with Gasteiger partial charge in [0.1, 0.15) is 6.10 Å². The molecule has 0 unspecified atom stereocenters. The lowest BCUT2D eigenvalue weighted by atomic mass is 9.47. The Balaban J connectivity index is 1.12. The molecule has 6 atom stereocenters. The fraction of sp³-hybridized carbons (Fsp3) is 0.886. The topological polar surface area (TPSA) is 43.4 Å². The van der Waals surface area contributed by atoms with Gasteiger partial charge in [0.05, 0.1) is 0 Å². The summed E-state index contributed by atoms with van der Waals surface area (Å²) in [6.07, 6.45) is 28.7. The Morgan fingerprint density at radius 1 is 0.789 bits per heavy atom. The molecule has 3 saturated carbocycles. The van der Waals surface area contributed by atoms with Crippen molar-refractivity contribution in [2.45, 2.75) is 168 Å². The van der Waals surface area contributed by atoms with Crippen LogP contribution >= 0.6 is 0 Å². The van der Waals surface area contributed by atoms with Crippen LogP contribution in [0.4, 0.5) is 0 Å². The third-order valence-electron chi connectivity index (χ3n) is 11.6. The second kappa shape index (κ2) is 14.0. The van der Waals surface area contributed by atoms with Crippen molar-refractivity contribution in [2.75, 3.05) is 0 Å². The maximum absolute atomic E-state index is 12.8. The second-order valence-corrected chi connectivity index (χ2v) is 14.1. The first-order chi connectivity index (χ1) is 18.4. The Kier molecular flexibility index (Phi) is 11.0. The van der Waals surface area contributed by atoms with Crippen LogP contribution in [0.5, 0.6) is 0 Å². The molecular weight excluding hydrogens is 468 g/mol. The van der Waals surface area contributed by atoms with Crippen molar-refractivity contribution in [1.82, 2.24) is 0 Å². The largest absolute Gasteiger partial charge is 0.462 e. The molecule has 3 fully saturated rings. The Hall–Kier alpha value is -1.12. The molecule has 0 radical (unpaired) electrons. The van der Waals surface area contributed by atoms with Crippen molar-refractivity contribution in [3.8, 4) is 0 Å². The molecule has 0 aromatic heterocycles. The van der Waals surface area contributed by atoms with E-state index >= 15 is 0 Å². The predicted molar refractivity (Wildman–Crippen MR) is 157 cm³/mol. The van der Waals surface area contributed by atoms with E-state index in [0.29, 0.717) is 24.0 Å². The van der Waals surface area contributed by atoms with E-state index in [-0.39, 0.29) is 22.9 Å². The molecule has 0 N–H and O–H groups in total. The van der Waals surface area contributed by atoms with E-state index in [2.05, 4.69) is 20.8 Å². The van der Waals surface area contributed by atoms with Crippen molar-refractivity contribution in [3.05, 3.63) is 11.6 Å². The highest BCUT2D eigenvalue weighted by atomic mass is 16.5. The quantitative estimate of drug-likeness (QED) is 0.157. The van der Waals surface area contributed by atoms with E-state index in [1.54, 1.807) is 0 Å². The first kappa shape index (κ1) is 29.9. The summed E-state index contributed by atoms with van der Waals surface area (Å²) < 4.78 is 6.22. The lowest BCUT2D eigenvalue weighted by Crippen LogP contribution is -2.51. The summed E-state index contributed by atoms with van der Waals surface area (Å²) >= 11 is 0. The zero-order valence-electron chi connectivity index (χ0n) is 25.2. The smallest absolute Gasteiger partial charge is 0.306 e. The van der Waals surface area contributed by atoms with Crippen LogP contribution in [0.1, 0.15) is 162 Å². The van der Waals surface area contributed by atoms with E-state index < -0.39 is 0 Å². The summed E-state index contributed by atoms with van der Waals surface area (Å²) in [5, 5.41) is 0. The Morgan fingerprint density at radius 3 is 2.08 bits per heavy atom. The molecule has 4 rings (SSSR count). The third-order valence-corrected chi connectivity index (χ3v) is 11.6. The number of esters is 1. The van der Waals surface area contributed by atoms with Crippen LogP contribution in [0.25, 0.3) is 0 Å². The molecule has 0 bridgehead atoms. The van der Waals surface area contributed by atoms with E-state index in [4.69, 9.17) is 4.74 Å². The van der Waals surface area contributed by atoms with Crippen molar-refractivity contribution < 1.29 is 14.3 Å². The predicted octanol–water partition coefficient (Wildman–Crippen LogP) is 9.91. The van der Waals surface area contributed by atoms with Crippen LogP contribution in [0, 0.1) is 28.6 Å². The summed E-state index contributed by atoms with van der Waals surface area (Å²) in [5.74, 6) is 2.50. The fourth-order valence-corrected chi connectivity index (χ4v) is 9.21. The molecule has 4 aliphatic rings. The molecule has 38 heavy (non-hydrogen) atoms. The van der Waals surface area contributed by atoms with Crippen LogP contribution in [0.3, 0.4) is 0 Å². The second-order valence-electron chi connectivity index (χ2n) is 14.1. The average molecular weight is 527 g/mol. The number of hydrogen-bond donors (Lipinski definition) is 0. The van der Waals surface area contributed by atoms with E-state index in [1.165, 1.54) is 102 Å². The highest BCUT2D eigenvalue weighted by Crippen LogP contribution is 2.65. The van der Waals surface area contributed by atoms with Crippen molar-refractivity contribution in [1.29, 1.82) is 0 Å². The van der Waals surface area contributed by atoms with Gasteiger partial charge in [-0.3, -0.25) is 9.59 Å². The van der Waals surface area contributed by atoms with Gasteiger partial charge in [-0.15, -0.1) is 0 Å². The Morgan fingerprint density at radius 2 is 1.42 bits per heavy atom. The summed E-state index contributed by atoms with van der Waals surface area (Å²) in [7, 11) is 0. The van der Waals surface area contributed by atoms with Crippen LogP contribution in [-0.2, 0) is 14.3 Å². The van der Waals surface area contributed by atoms with Crippen LogP contribution in [-0.4, -0.2) is 17.9 Å².